The van der Waals surface area contributed by atoms with Crippen LogP contribution in [-0.4, -0.2) is 5.91 Å². The molecule has 0 saturated carbocycles. The van der Waals surface area contributed by atoms with Crippen LogP contribution < -0.4 is 40.4 Å². The Bertz CT molecular complexity index is 245. The van der Waals surface area contributed by atoms with E-state index in [0.29, 0.717) is 5.56 Å². The van der Waals surface area contributed by atoms with Gasteiger partial charge in [-0.1, -0.05) is 24.3 Å². The molecule has 0 atom stereocenters. The summed E-state index contributed by atoms with van der Waals surface area (Å²) in [7, 11) is 0. The molecule has 1 aromatic carbocycles. The minimum Gasteiger partial charge on any atom is -0.872 e. The smallest absolute Gasteiger partial charge is 0.872 e. The van der Waals surface area contributed by atoms with Crippen molar-refractivity contribution in [2.45, 2.75) is 0 Å². The summed E-state index contributed by atoms with van der Waals surface area (Å²) in [5.41, 5.74) is 5.28. The van der Waals surface area contributed by atoms with Gasteiger partial charge in [0.1, 0.15) is 0 Å². The van der Waals surface area contributed by atoms with E-state index in [9.17, 15) is 9.90 Å². The topological polar surface area (TPSA) is 66.2 Å². The summed E-state index contributed by atoms with van der Waals surface area (Å²) in [5, 5.41) is 10.5. The summed E-state index contributed by atoms with van der Waals surface area (Å²) in [5.74, 6) is -0.634. The monoisotopic (exact) mass is 159 g/mol. The predicted molar refractivity (Wildman–Crippen MR) is 34.4 cm³/mol. The van der Waals surface area contributed by atoms with Crippen LogP contribution in [0.2, 0.25) is 0 Å². The van der Waals surface area contributed by atoms with Gasteiger partial charge in [-0.2, -0.15) is 0 Å². The van der Waals surface area contributed by atoms with Gasteiger partial charge in [0, 0.05) is 5.56 Å². The van der Waals surface area contributed by atoms with E-state index in [1.807, 2.05) is 0 Å². The quantitative estimate of drug-likeness (QED) is 0.440. The molecule has 1 aromatic rings. The molecule has 1 rings (SSSR count). The van der Waals surface area contributed by atoms with Gasteiger partial charge in [-0.15, -0.1) is 5.75 Å². The Balaban J connectivity index is 0.000001000. The van der Waals surface area contributed by atoms with Crippen LogP contribution in [0, 0.1) is 0 Å². The molecular weight excluding hydrogens is 153 g/mol. The third-order valence-corrected chi connectivity index (χ3v) is 1.14. The maximum absolute atomic E-state index is 10.5. The van der Waals surface area contributed by atoms with Crippen molar-refractivity contribution in [2.75, 3.05) is 0 Å². The number of carbonyl (C=O) groups excluding carboxylic acids is 1. The van der Waals surface area contributed by atoms with Crippen LogP contribution in [0.15, 0.2) is 24.3 Å². The normalized spacial score (nSPS) is 8.36. The van der Waals surface area contributed by atoms with Gasteiger partial charge < -0.3 is 10.8 Å². The molecule has 4 heteroatoms. The first-order valence-electron chi connectivity index (χ1n) is 2.77. The molecule has 0 fully saturated rings. The van der Waals surface area contributed by atoms with Crippen LogP contribution in [0.1, 0.15) is 10.4 Å². The van der Waals surface area contributed by atoms with Crippen molar-refractivity contribution in [3.8, 4) is 5.75 Å². The van der Waals surface area contributed by atoms with E-state index in [1.165, 1.54) is 24.3 Å². The summed E-state index contributed by atoms with van der Waals surface area (Å²) in [4.78, 5) is 10.4. The zero-order valence-electron chi connectivity index (χ0n) is 6.20. The van der Waals surface area contributed by atoms with Crippen LogP contribution >= 0.6 is 0 Å². The number of nitrogens with two attached hydrogens (primary N) is 1. The number of primary amides is 1. The van der Waals surface area contributed by atoms with E-state index in [-0.39, 0.29) is 35.3 Å². The van der Waals surface area contributed by atoms with Crippen molar-refractivity contribution in [1.29, 1.82) is 0 Å². The molecule has 0 saturated heterocycles. The van der Waals surface area contributed by atoms with Gasteiger partial charge in [0.2, 0.25) is 5.91 Å². The Morgan fingerprint density at radius 3 is 2.09 bits per heavy atom. The standard InChI is InChI=1S/C7H7NO2.Na/c8-7(10)5-1-3-6(9)4-2-5;/h1-4,9H,(H2,8,10);/q;+1/p-1. The molecule has 0 aliphatic heterocycles. The van der Waals surface area contributed by atoms with Gasteiger partial charge in [0.25, 0.3) is 0 Å². The summed E-state index contributed by atoms with van der Waals surface area (Å²) in [6.45, 7) is 0. The SMILES string of the molecule is NC(=O)c1ccc([O-])cc1.[Na+]. The Hall–Kier alpha value is -0.510. The number of hydrogen-bond donors (Lipinski definition) is 1. The first-order valence-corrected chi connectivity index (χ1v) is 2.77. The van der Waals surface area contributed by atoms with Gasteiger partial charge in [0.15, 0.2) is 0 Å². The average Bonchev–Trinajstić information content (AvgIpc) is 1.88. The van der Waals surface area contributed by atoms with Crippen LogP contribution in [0.25, 0.3) is 0 Å². The Labute approximate surface area is 86.5 Å². The molecule has 0 aromatic heterocycles. The Morgan fingerprint density at radius 1 is 1.27 bits per heavy atom. The molecule has 52 valence electrons. The van der Waals surface area contributed by atoms with Crippen LogP contribution in [0.5, 0.6) is 5.75 Å². The second-order valence-electron chi connectivity index (χ2n) is 1.89. The van der Waals surface area contributed by atoms with Gasteiger partial charge in [-0.25, -0.2) is 0 Å². The maximum Gasteiger partial charge on any atom is 1.00 e. The maximum atomic E-state index is 10.5. The summed E-state index contributed by atoms with van der Waals surface area (Å²) < 4.78 is 0. The molecule has 3 nitrogen and oxygen atoms in total. The summed E-state index contributed by atoms with van der Waals surface area (Å²) in [6, 6.07) is 5.43. The first kappa shape index (κ1) is 10.5. The third-order valence-electron chi connectivity index (χ3n) is 1.14. The fourth-order valence-electron chi connectivity index (χ4n) is 0.619. The molecule has 0 radical (unpaired) electrons. The summed E-state index contributed by atoms with van der Waals surface area (Å²) >= 11 is 0. The van der Waals surface area contributed by atoms with E-state index >= 15 is 0 Å². The van der Waals surface area contributed by atoms with E-state index in [1.54, 1.807) is 0 Å². The van der Waals surface area contributed by atoms with Crippen molar-refractivity contribution < 1.29 is 39.5 Å². The van der Waals surface area contributed by atoms with Crippen LogP contribution in [0.3, 0.4) is 0 Å². The van der Waals surface area contributed by atoms with Crippen LogP contribution in [-0.2, 0) is 0 Å². The average molecular weight is 159 g/mol. The molecule has 11 heavy (non-hydrogen) atoms. The largest absolute Gasteiger partial charge is 1.00 e. The van der Waals surface area contributed by atoms with Gasteiger partial charge >= 0.3 is 29.6 Å². The molecule has 2 N–H and O–H groups in total. The Kier molecular flexibility index (Phi) is 4.18. The van der Waals surface area contributed by atoms with Gasteiger partial charge in [-0.3, -0.25) is 4.79 Å². The number of amides is 1. The molecule has 0 heterocycles. The molecule has 0 spiro atoms. The molecular formula is C7H6NNaO2. The van der Waals surface area contributed by atoms with E-state index in [2.05, 4.69) is 0 Å². The molecule has 0 unspecified atom stereocenters. The molecule has 1 amide bonds. The first-order chi connectivity index (χ1) is 4.70. The minimum atomic E-state index is -0.514. The van der Waals surface area contributed by atoms with Gasteiger partial charge in [-0.05, 0) is 0 Å². The van der Waals surface area contributed by atoms with Crippen LogP contribution in [0.4, 0.5) is 0 Å². The van der Waals surface area contributed by atoms with Gasteiger partial charge in [0.05, 0.1) is 0 Å². The van der Waals surface area contributed by atoms with Crippen molar-refractivity contribution >= 4 is 5.91 Å². The second kappa shape index (κ2) is 4.38. The molecule has 0 bridgehead atoms. The van der Waals surface area contributed by atoms with Crippen molar-refractivity contribution in [3.05, 3.63) is 29.8 Å². The predicted octanol–water partition coefficient (Wildman–Crippen LogP) is -3.14. The minimum absolute atomic E-state index is 0. The third kappa shape index (κ3) is 2.93. The van der Waals surface area contributed by atoms with Crippen molar-refractivity contribution in [2.24, 2.45) is 5.73 Å². The zero-order valence-corrected chi connectivity index (χ0v) is 8.20. The Morgan fingerprint density at radius 2 is 1.73 bits per heavy atom. The van der Waals surface area contributed by atoms with Crippen molar-refractivity contribution in [3.63, 3.8) is 0 Å². The van der Waals surface area contributed by atoms with E-state index < -0.39 is 5.91 Å². The fraction of sp³-hybridized carbons (Fsp3) is 0. The summed E-state index contributed by atoms with van der Waals surface area (Å²) in [6.07, 6.45) is 0. The number of carbonyl (C=O) groups is 1. The fourth-order valence-corrected chi connectivity index (χ4v) is 0.619. The molecule has 0 aliphatic carbocycles. The van der Waals surface area contributed by atoms with Crippen molar-refractivity contribution in [1.82, 2.24) is 0 Å². The number of rotatable bonds is 1. The number of benzene rings is 1. The molecule has 0 aliphatic rings. The van der Waals surface area contributed by atoms with E-state index in [4.69, 9.17) is 5.73 Å². The second-order valence-corrected chi connectivity index (χ2v) is 1.89. The van der Waals surface area contributed by atoms with E-state index in [0.717, 1.165) is 0 Å². The zero-order chi connectivity index (χ0) is 7.56. The number of hydrogen-bond acceptors (Lipinski definition) is 2.